The smallest absolute Gasteiger partial charge is 0.348 e. The molecule has 3 heterocycles. The van der Waals surface area contributed by atoms with E-state index in [4.69, 9.17) is 5.73 Å². The molecule has 2 atom stereocenters. The molecule has 212 valence electrons. The fourth-order valence-electron chi connectivity index (χ4n) is 4.93. The number of rotatable bonds is 6. The van der Waals surface area contributed by atoms with E-state index in [0.717, 1.165) is 24.1 Å². The van der Waals surface area contributed by atoms with E-state index in [0.29, 0.717) is 25.2 Å². The summed E-state index contributed by atoms with van der Waals surface area (Å²) < 4.78 is 40.6. The van der Waals surface area contributed by atoms with Gasteiger partial charge in [-0.15, -0.1) is 0 Å². The summed E-state index contributed by atoms with van der Waals surface area (Å²) in [6, 6.07) is 16.9. The molecular weight excluding hydrogens is 533 g/mol. The van der Waals surface area contributed by atoms with E-state index in [2.05, 4.69) is 20.3 Å². The van der Waals surface area contributed by atoms with Crippen LogP contribution in [-0.2, 0) is 6.18 Å². The van der Waals surface area contributed by atoms with E-state index in [1.165, 1.54) is 29.3 Å². The average molecular weight is 563 g/mol. The number of nitrogens with one attached hydrogen (secondary N) is 2. The number of carbonyl (C=O) groups is 1. The number of alkyl halides is 3. The van der Waals surface area contributed by atoms with Gasteiger partial charge in [-0.25, -0.2) is 9.97 Å². The zero-order valence-electron chi connectivity index (χ0n) is 22.3. The van der Waals surface area contributed by atoms with Gasteiger partial charge in [0.2, 0.25) is 5.95 Å². The Morgan fingerprint density at radius 2 is 1.90 bits per heavy atom. The van der Waals surface area contributed by atoms with Crippen molar-refractivity contribution in [1.29, 1.82) is 0 Å². The number of amides is 1. The second-order valence-electron chi connectivity index (χ2n) is 10.1. The number of benzene rings is 2. The maximum absolute atomic E-state index is 13.5. The molecule has 8 nitrogen and oxygen atoms in total. The molecular formula is C30H29F3N6O2. The molecule has 4 aromatic rings. The number of nitrogens with two attached hydrogens (primary N) is 1. The highest BCUT2D eigenvalue weighted by molar-refractivity contribution is 5.96. The number of likely N-dealkylation sites (tertiary alicyclic amines) is 1. The zero-order valence-corrected chi connectivity index (χ0v) is 22.3. The molecule has 1 unspecified atom stereocenters. The largest absolute Gasteiger partial charge is 0.416 e. The number of aromatic nitrogens is 3. The fraction of sp³-hybridized carbons (Fsp3) is 0.267. The van der Waals surface area contributed by atoms with Crippen LogP contribution in [0, 0.1) is 0 Å². The van der Waals surface area contributed by atoms with E-state index >= 15 is 0 Å². The highest BCUT2D eigenvalue weighted by atomic mass is 19.4. The summed E-state index contributed by atoms with van der Waals surface area (Å²) in [5.41, 5.74) is 6.16. The van der Waals surface area contributed by atoms with Crippen molar-refractivity contribution < 1.29 is 18.0 Å². The molecule has 0 saturated carbocycles. The molecule has 1 aliphatic rings. The van der Waals surface area contributed by atoms with Gasteiger partial charge in [0, 0.05) is 30.9 Å². The monoisotopic (exact) mass is 562 g/mol. The van der Waals surface area contributed by atoms with Crippen LogP contribution in [0.5, 0.6) is 0 Å². The van der Waals surface area contributed by atoms with Crippen LogP contribution in [-0.4, -0.2) is 44.9 Å². The minimum absolute atomic E-state index is 0.105. The van der Waals surface area contributed by atoms with Gasteiger partial charge in [0.25, 0.3) is 11.5 Å². The lowest BCUT2D eigenvalue weighted by Crippen LogP contribution is -2.46. The first-order chi connectivity index (χ1) is 19.6. The van der Waals surface area contributed by atoms with Crippen LogP contribution in [0.4, 0.5) is 19.1 Å². The zero-order chi connectivity index (χ0) is 29.1. The summed E-state index contributed by atoms with van der Waals surface area (Å²) in [6.07, 6.45) is -1.59. The van der Waals surface area contributed by atoms with E-state index in [1.807, 2.05) is 37.3 Å². The molecule has 0 aliphatic carbocycles. The lowest BCUT2D eigenvalue weighted by atomic mass is 9.98. The number of halogens is 3. The minimum atomic E-state index is -4.58. The van der Waals surface area contributed by atoms with Crippen molar-refractivity contribution in [1.82, 2.24) is 19.9 Å². The van der Waals surface area contributed by atoms with Gasteiger partial charge in [-0.3, -0.25) is 9.59 Å². The lowest BCUT2D eigenvalue weighted by Gasteiger charge is -2.30. The SMILES string of the molecule is C[C@H](Nc1nccc(-c2cc(C(=O)N3CCCC(N)C3)c(=O)[nH]c2-c2cccc(C(F)(F)F)c2)n1)c1ccccc1. The number of nitrogens with zero attached hydrogens (tertiary/aromatic N) is 3. The number of piperidine rings is 1. The molecule has 2 aromatic heterocycles. The Balaban J connectivity index is 1.60. The van der Waals surface area contributed by atoms with E-state index in [9.17, 15) is 22.8 Å². The Morgan fingerprint density at radius 3 is 2.63 bits per heavy atom. The average Bonchev–Trinajstić information content (AvgIpc) is 2.97. The molecule has 2 aromatic carbocycles. The summed E-state index contributed by atoms with van der Waals surface area (Å²) in [4.78, 5) is 39.7. The number of carbonyl (C=O) groups excluding carboxylic acids is 1. The van der Waals surface area contributed by atoms with Crippen LogP contribution in [0.1, 0.15) is 47.3 Å². The molecule has 41 heavy (non-hydrogen) atoms. The van der Waals surface area contributed by atoms with E-state index < -0.39 is 23.2 Å². The number of anilines is 1. The Morgan fingerprint density at radius 1 is 1.12 bits per heavy atom. The summed E-state index contributed by atoms with van der Waals surface area (Å²) in [7, 11) is 0. The topological polar surface area (TPSA) is 117 Å². The lowest BCUT2D eigenvalue weighted by molar-refractivity contribution is -0.137. The van der Waals surface area contributed by atoms with Crippen LogP contribution < -0.4 is 16.6 Å². The van der Waals surface area contributed by atoms with Crippen molar-refractivity contribution in [3.8, 4) is 22.5 Å². The number of hydrogen-bond acceptors (Lipinski definition) is 6. The van der Waals surface area contributed by atoms with Gasteiger partial charge in [-0.05, 0) is 55.2 Å². The molecule has 1 amide bonds. The van der Waals surface area contributed by atoms with Crippen LogP contribution in [0.3, 0.4) is 0 Å². The highest BCUT2D eigenvalue weighted by Crippen LogP contribution is 2.35. The van der Waals surface area contributed by atoms with Crippen molar-refractivity contribution >= 4 is 11.9 Å². The molecule has 1 fully saturated rings. The number of pyridine rings is 1. The fourth-order valence-corrected chi connectivity index (χ4v) is 4.93. The van der Waals surface area contributed by atoms with Crippen LogP contribution in [0.15, 0.2) is 77.7 Å². The van der Waals surface area contributed by atoms with Crippen molar-refractivity contribution in [3.63, 3.8) is 0 Å². The molecule has 1 saturated heterocycles. The van der Waals surface area contributed by atoms with Gasteiger partial charge in [0.15, 0.2) is 0 Å². The Kier molecular flexibility index (Phi) is 7.89. The molecule has 0 bridgehead atoms. The Hall–Kier alpha value is -4.51. The van der Waals surface area contributed by atoms with Gasteiger partial charge in [0.1, 0.15) is 5.56 Å². The van der Waals surface area contributed by atoms with Gasteiger partial charge in [-0.2, -0.15) is 13.2 Å². The maximum Gasteiger partial charge on any atom is 0.416 e. The number of hydrogen-bond donors (Lipinski definition) is 3. The van der Waals surface area contributed by atoms with Crippen molar-refractivity contribution in [2.75, 3.05) is 18.4 Å². The molecule has 4 N–H and O–H groups in total. The van der Waals surface area contributed by atoms with Gasteiger partial charge < -0.3 is 20.9 Å². The minimum Gasteiger partial charge on any atom is -0.348 e. The quantitative estimate of drug-likeness (QED) is 0.295. The number of H-pyrrole nitrogens is 1. The number of aromatic amines is 1. The predicted octanol–water partition coefficient (Wildman–Crippen LogP) is 5.25. The van der Waals surface area contributed by atoms with Gasteiger partial charge in [0.05, 0.1) is 23.0 Å². The van der Waals surface area contributed by atoms with Crippen LogP contribution in [0.2, 0.25) is 0 Å². The van der Waals surface area contributed by atoms with Crippen molar-refractivity contribution in [3.05, 3.63) is 100.0 Å². The Labute approximate surface area is 234 Å². The first kappa shape index (κ1) is 28.0. The van der Waals surface area contributed by atoms with Gasteiger partial charge in [-0.1, -0.05) is 42.5 Å². The third kappa shape index (κ3) is 6.30. The second kappa shape index (κ2) is 11.5. The molecule has 11 heteroatoms. The third-order valence-electron chi connectivity index (χ3n) is 7.07. The molecule has 5 rings (SSSR count). The predicted molar refractivity (Wildman–Crippen MR) is 150 cm³/mol. The van der Waals surface area contributed by atoms with Crippen molar-refractivity contribution in [2.45, 2.75) is 38.0 Å². The van der Waals surface area contributed by atoms with Gasteiger partial charge >= 0.3 is 6.18 Å². The van der Waals surface area contributed by atoms with Crippen LogP contribution >= 0.6 is 0 Å². The highest BCUT2D eigenvalue weighted by Gasteiger charge is 2.31. The summed E-state index contributed by atoms with van der Waals surface area (Å²) in [6.45, 7) is 2.71. The summed E-state index contributed by atoms with van der Waals surface area (Å²) in [5, 5.41) is 3.23. The first-order valence-corrected chi connectivity index (χ1v) is 13.2. The summed E-state index contributed by atoms with van der Waals surface area (Å²) in [5.74, 6) is -0.224. The van der Waals surface area contributed by atoms with Crippen LogP contribution in [0.25, 0.3) is 22.5 Å². The molecule has 0 radical (unpaired) electrons. The Bertz CT molecular complexity index is 1610. The van der Waals surface area contributed by atoms with E-state index in [-0.39, 0.29) is 40.4 Å². The second-order valence-corrected chi connectivity index (χ2v) is 10.1. The molecule has 0 spiro atoms. The third-order valence-corrected chi connectivity index (χ3v) is 7.07. The normalized spacial score (nSPS) is 16.3. The first-order valence-electron chi connectivity index (χ1n) is 13.2. The van der Waals surface area contributed by atoms with Crippen molar-refractivity contribution in [2.24, 2.45) is 5.73 Å². The summed E-state index contributed by atoms with van der Waals surface area (Å²) >= 11 is 0. The maximum atomic E-state index is 13.5. The standard InChI is InChI=1S/C30H29F3N6O2/c1-18(19-7-3-2-4-8-19)36-29-35-13-12-25(37-29)23-16-24(28(41)39-14-6-11-22(34)17-39)27(40)38-26(23)20-9-5-10-21(15-20)30(31,32)33/h2-5,7-10,12-13,15-16,18,22H,6,11,14,17,34H2,1H3,(H,38,40)(H,35,36,37)/t18-,22?/m0/s1. The molecule has 1 aliphatic heterocycles. The van der Waals surface area contributed by atoms with E-state index in [1.54, 1.807) is 6.07 Å².